The molecule has 0 aromatic heterocycles. The molecule has 0 fully saturated rings. The van der Waals surface area contributed by atoms with Gasteiger partial charge in [-0.1, -0.05) is 20.8 Å². The first-order chi connectivity index (χ1) is 4.99. The van der Waals surface area contributed by atoms with Crippen molar-refractivity contribution in [1.82, 2.24) is 9.35 Å². The third kappa shape index (κ3) is 2.69. The quantitative estimate of drug-likeness (QED) is 0.683. The van der Waals surface area contributed by atoms with E-state index >= 15 is 0 Å². The van der Waals surface area contributed by atoms with Crippen LogP contribution in [0.4, 0.5) is 0 Å². The highest BCUT2D eigenvalue weighted by Crippen LogP contribution is 2.22. The summed E-state index contributed by atoms with van der Waals surface area (Å²) in [5, 5.41) is 4.15. The Hall–Kier alpha value is -0.250. The number of halogens is 1. The number of hydrogen-bond donors (Lipinski definition) is 1. The van der Waals surface area contributed by atoms with Crippen molar-refractivity contribution in [2.75, 3.05) is 6.67 Å². The average Bonchev–Trinajstić information content (AvgIpc) is 2.12. The zero-order chi connectivity index (χ0) is 8.48. The fourth-order valence-electron chi connectivity index (χ4n) is 0.934. The molecule has 0 bridgehead atoms. The van der Waals surface area contributed by atoms with Gasteiger partial charge in [0.15, 0.2) is 0 Å². The monoisotopic (exact) mass is 219 g/mol. The van der Waals surface area contributed by atoms with Crippen LogP contribution in [0.1, 0.15) is 27.2 Å². The van der Waals surface area contributed by atoms with E-state index in [0.29, 0.717) is 5.41 Å². The normalized spacial score (nSPS) is 18.2. The molecule has 0 aliphatic carbocycles. The molecule has 0 radical (unpaired) electrons. The lowest BCUT2D eigenvalue weighted by Gasteiger charge is -2.19. The Morgan fingerprint density at radius 1 is 1.64 bits per heavy atom. The summed E-state index contributed by atoms with van der Waals surface area (Å²) in [4.78, 5) is 0. The molecule has 0 saturated carbocycles. The Morgan fingerprint density at radius 2 is 2.27 bits per heavy atom. The van der Waals surface area contributed by atoms with Crippen LogP contribution in [-0.4, -0.2) is 16.4 Å². The maximum atomic E-state index is 4.15. The van der Waals surface area contributed by atoms with E-state index in [0.717, 1.165) is 18.9 Å². The molecule has 1 aliphatic heterocycles. The Bertz CT molecular complexity index is 171. The molecule has 0 spiro atoms. The van der Waals surface area contributed by atoms with Crippen molar-refractivity contribution >= 4 is 22.0 Å². The van der Waals surface area contributed by atoms with Crippen LogP contribution >= 0.6 is 16.1 Å². The largest absolute Gasteiger partial charge is 0.288 e. The molecule has 0 amide bonds. The predicted octanol–water partition coefficient (Wildman–Crippen LogP) is 1.91. The first-order valence-corrected chi connectivity index (χ1v) is 4.43. The average molecular weight is 220 g/mol. The predicted molar refractivity (Wildman–Crippen MR) is 50.3 cm³/mol. The second kappa shape index (κ2) is 3.01. The molecule has 4 heteroatoms. The van der Waals surface area contributed by atoms with Crippen LogP contribution in [0, 0.1) is 5.41 Å². The summed E-state index contributed by atoms with van der Waals surface area (Å²) in [7, 11) is 0. The summed E-state index contributed by atoms with van der Waals surface area (Å²) in [5.74, 6) is 1.08. The molecule has 0 aromatic carbocycles. The Morgan fingerprint density at radius 3 is 2.64 bits per heavy atom. The topological polar surface area (TPSA) is 27.6 Å². The molecule has 1 aliphatic rings. The minimum Gasteiger partial charge on any atom is -0.288 e. The van der Waals surface area contributed by atoms with Crippen LogP contribution < -0.4 is 5.43 Å². The summed E-state index contributed by atoms with van der Waals surface area (Å²) in [5.41, 5.74) is 3.21. The Balaban J connectivity index is 2.49. The van der Waals surface area contributed by atoms with E-state index < -0.39 is 0 Å². The van der Waals surface area contributed by atoms with Gasteiger partial charge >= 0.3 is 0 Å². The van der Waals surface area contributed by atoms with Crippen molar-refractivity contribution < 1.29 is 0 Å². The van der Waals surface area contributed by atoms with E-state index in [1.165, 1.54) is 0 Å². The first-order valence-electron chi connectivity index (χ1n) is 3.72. The van der Waals surface area contributed by atoms with Gasteiger partial charge in [0.1, 0.15) is 12.5 Å². The van der Waals surface area contributed by atoms with E-state index in [4.69, 9.17) is 0 Å². The smallest absolute Gasteiger partial charge is 0.136 e. The molecule has 3 nitrogen and oxygen atoms in total. The highest BCUT2D eigenvalue weighted by atomic mass is 79.9. The molecule has 0 atom stereocenters. The van der Waals surface area contributed by atoms with Gasteiger partial charge in [0.05, 0.1) is 16.1 Å². The summed E-state index contributed by atoms with van der Waals surface area (Å²) in [6.45, 7) is 7.38. The van der Waals surface area contributed by atoms with Crippen molar-refractivity contribution in [3.63, 3.8) is 0 Å². The van der Waals surface area contributed by atoms with E-state index in [1.54, 1.807) is 0 Å². The SMILES string of the molecule is CC(C)(C)CC1=NNCN1Br. The number of nitrogens with one attached hydrogen (secondary N) is 1. The second-order valence-corrected chi connectivity index (χ2v) is 4.80. The molecule has 0 unspecified atom stereocenters. The summed E-state index contributed by atoms with van der Waals surface area (Å²) in [6, 6.07) is 0. The lowest BCUT2D eigenvalue weighted by molar-refractivity contribution is 0.425. The van der Waals surface area contributed by atoms with E-state index in [2.05, 4.69) is 47.4 Å². The second-order valence-electron chi connectivity index (χ2n) is 3.94. The fraction of sp³-hybridized carbons (Fsp3) is 0.857. The molecule has 0 saturated heterocycles. The number of hydrogen-bond acceptors (Lipinski definition) is 3. The van der Waals surface area contributed by atoms with Crippen LogP contribution in [0.25, 0.3) is 0 Å². The van der Waals surface area contributed by atoms with Crippen molar-refractivity contribution in [2.24, 2.45) is 10.5 Å². The standard InChI is InChI=1S/C7H14BrN3/c1-7(2,3)4-6-10-9-5-11(6)8/h9H,4-5H2,1-3H3. The lowest BCUT2D eigenvalue weighted by atomic mass is 9.92. The van der Waals surface area contributed by atoms with Crippen molar-refractivity contribution in [3.05, 3.63) is 0 Å². The van der Waals surface area contributed by atoms with Crippen molar-refractivity contribution in [2.45, 2.75) is 27.2 Å². The van der Waals surface area contributed by atoms with Crippen LogP contribution in [0.2, 0.25) is 0 Å². The van der Waals surface area contributed by atoms with Gasteiger partial charge in [0.2, 0.25) is 0 Å². The van der Waals surface area contributed by atoms with Crippen LogP contribution in [0.5, 0.6) is 0 Å². The highest BCUT2D eigenvalue weighted by molar-refractivity contribution is 9.07. The fourth-order valence-corrected chi connectivity index (χ4v) is 1.25. The van der Waals surface area contributed by atoms with Gasteiger partial charge in [-0.2, -0.15) is 5.10 Å². The number of amidine groups is 1. The van der Waals surface area contributed by atoms with Gasteiger partial charge in [-0.3, -0.25) is 9.35 Å². The van der Waals surface area contributed by atoms with Crippen molar-refractivity contribution in [3.8, 4) is 0 Å². The molecular weight excluding hydrogens is 206 g/mol. The van der Waals surface area contributed by atoms with Crippen molar-refractivity contribution in [1.29, 1.82) is 0 Å². The summed E-state index contributed by atoms with van der Waals surface area (Å²) >= 11 is 3.40. The summed E-state index contributed by atoms with van der Waals surface area (Å²) < 4.78 is 1.96. The van der Waals surface area contributed by atoms with Gasteiger partial charge in [0, 0.05) is 6.42 Å². The maximum absolute atomic E-state index is 4.15. The van der Waals surface area contributed by atoms with Gasteiger partial charge in [-0.25, -0.2) is 0 Å². The van der Waals surface area contributed by atoms with Crippen LogP contribution in [0.3, 0.4) is 0 Å². The molecule has 11 heavy (non-hydrogen) atoms. The lowest BCUT2D eigenvalue weighted by Crippen LogP contribution is -2.22. The number of hydrazone groups is 1. The van der Waals surface area contributed by atoms with Gasteiger partial charge in [-0.15, -0.1) is 0 Å². The minimum atomic E-state index is 0.302. The zero-order valence-electron chi connectivity index (χ0n) is 7.19. The molecule has 1 heterocycles. The van der Waals surface area contributed by atoms with Gasteiger partial charge < -0.3 is 0 Å². The molecule has 64 valence electrons. The minimum absolute atomic E-state index is 0.302. The Kier molecular flexibility index (Phi) is 2.42. The number of nitrogens with zero attached hydrogens (tertiary/aromatic N) is 2. The number of rotatable bonds is 1. The van der Waals surface area contributed by atoms with E-state index in [1.807, 2.05) is 3.93 Å². The van der Waals surface area contributed by atoms with Gasteiger partial charge in [0.25, 0.3) is 0 Å². The third-order valence-corrected chi connectivity index (χ3v) is 2.05. The Labute approximate surface area is 76.2 Å². The highest BCUT2D eigenvalue weighted by Gasteiger charge is 2.20. The maximum Gasteiger partial charge on any atom is 0.136 e. The van der Waals surface area contributed by atoms with E-state index in [9.17, 15) is 0 Å². The summed E-state index contributed by atoms with van der Waals surface area (Å²) in [6.07, 6.45) is 0.991. The van der Waals surface area contributed by atoms with Gasteiger partial charge in [-0.05, 0) is 5.41 Å². The molecule has 1 N–H and O–H groups in total. The molecule has 1 rings (SSSR count). The molecule has 0 aromatic rings. The molecular formula is C7H14BrN3. The first kappa shape index (κ1) is 8.84. The zero-order valence-corrected chi connectivity index (χ0v) is 8.77. The third-order valence-electron chi connectivity index (χ3n) is 1.39. The van der Waals surface area contributed by atoms with Crippen LogP contribution in [0.15, 0.2) is 5.10 Å². The van der Waals surface area contributed by atoms with E-state index in [-0.39, 0.29) is 0 Å². The van der Waals surface area contributed by atoms with Crippen LogP contribution in [-0.2, 0) is 0 Å².